The van der Waals surface area contributed by atoms with Gasteiger partial charge in [0.25, 0.3) is 0 Å². The molecule has 1 aromatic carbocycles. The Hall–Kier alpha value is -1.81. The van der Waals surface area contributed by atoms with Gasteiger partial charge >= 0.3 is 0 Å². The van der Waals surface area contributed by atoms with Crippen LogP contribution in [0.1, 0.15) is 12.5 Å². The van der Waals surface area contributed by atoms with E-state index < -0.39 is 0 Å². The van der Waals surface area contributed by atoms with E-state index in [1.54, 1.807) is 13.2 Å². The Morgan fingerprint density at radius 3 is 2.84 bits per heavy atom. The third kappa shape index (κ3) is 4.41. The topological polar surface area (TPSA) is 41.6 Å². The van der Waals surface area contributed by atoms with Crippen LogP contribution in [0.15, 0.2) is 36.9 Å². The van der Waals surface area contributed by atoms with Crippen molar-refractivity contribution in [2.45, 2.75) is 19.5 Å². The molecule has 1 aromatic rings. The smallest absolute Gasteiger partial charge is 0.237 e. The van der Waals surface area contributed by atoms with E-state index in [4.69, 9.17) is 4.74 Å². The third-order valence-electron chi connectivity index (χ3n) is 3.07. The number of carbonyl (C=O) groups excluding carboxylic acids is 1. The second-order valence-electron chi connectivity index (χ2n) is 4.44. The molecule has 4 heteroatoms. The Kier molecular flexibility index (Phi) is 6.09. The normalized spacial score (nSPS) is 12.0. The van der Waals surface area contributed by atoms with E-state index in [-0.39, 0.29) is 11.9 Å². The first-order chi connectivity index (χ1) is 9.10. The van der Waals surface area contributed by atoms with Gasteiger partial charge in [0, 0.05) is 18.7 Å². The van der Waals surface area contributed by atoms with E-state index in [1.807, 2.05) is 43.1 Å². The van der Waals surface area contributed by atoms with Crippen LogP contribution in [0.5, 0.6) is 5.75 Å². The van der Waals surface area contributed by atoms with Gasteiger partial charge in [-0.25, -0.2) is 0 Å². The summed E-state index contributed by atoms with van der Waals surface area (Å²) in [6.45, 7) is 6.62. The van der Waals surface area contributed by atoms with Crippen LogP contribution in [0.4, 0.5) is 0 Å². The molecule has 0 saturated heterocycles. The van der Waals surface area contributed by atoms with Gasteiger partial charge in [-0.15, -0.1) is 6.58 Å². The Balaban J connectivity index is 2.65. The largest absolute Gasteiger partial charge is 0.496 e. The highest BCUT2D eigenvalue weighted by atomic mass is 16.5. The number of nitrogens with one attached hydrogen (secondary N) is 1. The highest BCUT2D eigenvalue weighted by Gasteiger charge is 2.18. The summed E-state index contributed by atoms with van der Waals surface area (Å²) in [6, 6.07) is 7.62. The van der Waals surface area contributed by atoms with E-state index in [0.29, 0.717) is 13.1 Å². The van der Waals surface area contributed by atoms with Crippen molar-refractivity contribution < 1.29 is 9.53 Å². The van der Waals surface area contributed by atoms with E-state index >= 15 is 0 Å². The molecule has 1 atom stereocenters. The molecule has 0 unspecified atom stereocenters. The average Bonchev–Trinajstić information content (AvgIpc) is 2.44. The second-order valence-corrected chi connectivity index (χ2v) is 4.44. The fourth-order valence-electron chi connectivity index (χ4n) is 1.76. The third-order valence-corrected chi connectivity index (χ3v) is 3.07. The summed E-state index contributed by atoms with van der Waals surface area (Å²) in [5.74, 6) is 0.838. The molecular formula is C15H22N2O2. The highest BCUT2D eigenvalue weighted by Crippen LogP contribution is 2.19. The zero-order chi connectivity index (χ0) is 14.3. The first kappa shape index (κ1) is 15.2. The number of ether oxygens (including phenoxy) is 1. The summed E-state index contributed by atoms with van der Waals surface area (Å²) < 4.78 is 5.31. The van der Waals surface area contributed by atoms with Crippen LogP contribution in [0.3, 0.4) is 0 Å². The number of hydrogen-bond acceptors (Lipinski definition) is 3. The maximum absolute atomic E-state index is 11.9. The molecule has 0 fully saturated rings. The molecule has 104 valence electrons. The summed E-state index contributed by atoms with van der Waals surface area (Å²) >= 11 is 0. The number of rotatable bonds is 7. The Morgan fingerprint density at radius 2 is 2.21 bits per heavy atom. The molecule has 0 aromatic heterocycles. The lowest BCUT2D eigenvalue weighted by Crippen LogP contribution is -2.42. The van der Waals surface area contributed by atoms with Crippen molar-refractivity contribution in [3.05, 3.63) is 42.5 Å². The van der Waals surface area contributed by atoms with Gasteiger partial charge in [-0.2, -0.15) is 0 Å². The number of methoxy groups -OCH3 is 1. The Labute approximate surface area is 115 Å². The number of nitrogens with zero attached hydrogens (tertiary/aromatic N) is 1. The van der Waals surface area contributed by atoms with Crippen LogP contribution in [0, 0.1) is 0 Å². The molecular weight excluding hydrogens is 240 g/mol. The molecule has 0 radical (unpaired) electrons. The van der Waals surface area contributed by atoms with Crippen molar-refractivity contribution in [3.63, 3.8) is 0 Å². The fraction of sp³-hybridized carbons (Fsp3) is 0.400. The number of amides is 1. The molecule has 0 aliphatic heterocycles. The van der Waals surface area contributed by atoms with Gasteiger partial charge in [0.05, 0.1) is 13.2 Å². The van der Waals surface area contributed by atoms with Gasteiger partial charge in [-0.3, -0.25) is 9.69 Å². The molecule has 0 aliphatic carbocycles. The second kappa shape index (κ2) is 7.59. The van der Waals surface area contributed by atoms with E-state index in [0.717, 1.165) is 11.3 Å². The van der Waals surface area contributed by atoms with Gasteiger partial charge in [-0.1, -0.05) is 24.3 Å². The number of hydrogen-bond donors (Lipinski definition) is 1. The summed E-state index contributed by atoms with van der Waals surface area (Å²) in [6.07, 6.45) is 1.67. The first-order valence-electron chi connectivity index (χ1n) is 6.31. The van der Waals surface area contributed by atoms with Gasteiger partial charge < -0.3 is 10.1 Å². The van der Waals surface area contributed by atoms with Crippen molar-refractivity contribution in [1.82, 2.24) is 10.2 Å². The van der Waals surface area contributed by atoms with E-state index in [1.165, 1.54) is 0 Å². The monoisotopic (exact) mass is 262 g/mol. The first-order valence-corrected chi connectivity index (χ1v) is 6.31. The average molecular weight is 262 g/mol. The minimum Gasteiger partial charge on any atom is -0.496 e. The van der Waals surface area contributed by atoms with Crippen LogP contribution in [0.2, 0.25) is 0 Å². The van der Waals surface area contributed by atoms with Crippen molar-refractivity contribution >= 4 is 5.91 Å². The number of likely N-dealkylation sites (N-methyl/N-ethyl adjacent to an activating group) is 1. The summed E-state index contributed by atoms with van der Waals surface area (Å²) in [5, 5.41) is 2.80. The van der Waals surface area contributed by atoms with Gasteiger partial charge in [0.2, 0.25) is 5.91 Å². The predicted octanol–water partition coefficient (Wildman–Crippen LogP) is 1.82. The van der Waals surface area contributed by atoms with Crippen molar-refractivity contribution in [1.29, 1.82) is 0 Å². The zero-order valence-electron chi connectivity index (χ0n) is 11.8. The van der Waals surface area contributed by atoms with Gasteiger partial charge in [-0.05, 0) is 20.0 Å². The number of para-hydroxylation sites is 1. The quantitative estimate of drug-likeness (QED) is 0.762. The Morgan fingerprint density at radius 1 is 1.53 bits per heavy atom. The lowest BCUT2D eigenvalue weighted by atomic mass is 10.1. The molecule has 1 rings (SSSR count). The minimum absolute atomic E-state index is 0.00250. The fourth-order valence-corrected chi connectivity index (χ4v) is 1.76. The summed E-state index contributed by atoms with van der Waals surface area (Å²) in [4.78, 5) is 13.8. The SMILES string of the molecule is C=CCNC(=O)[C@H](C)N(C)Cc1ccccc1OC. The number of carbonyl (C=O) groups is 1. The molecule has 0 bridgehead atoms. The molecule has 0 aliphatic rings. The van der Waals surface area contributed by atoms with Crippen LogP contribution >= 0.6 is 0 Å². The molecule has 0 spiro atoms. The Bertz CT molecular complexity index is 432. The standard InChI is InChI=1S/C15H22N2O2/c1-5-10-16-15(18)12(2)17(3)11-13-8-6-7-9-14(13)19-4/h5-9,12H,1,10-11H2,2-4H3,(H,16,18)/t12-/m0/s1. The predicted molar refractivity (Wildman–Crippen MR) is 77.1 cm³/mol. The zero-order valence-corrected chi connectivity index (χ0v) is 11.8. The highest BCUT2D eigenvalue weighted by molar-refractivity contribution is 5.81. The van der Waals surface area contributed by atoms with Crippen molar-refractivity contribution in [2.75, 3.05) is 20.7 Å². The lowest BCUT2D eigenvalue weighted by Gasteiger charge is -2.24. The van der Waals surface area contributed by atoms with Gasteiger partial charge in [0.15, 0.2) is 0 Å². The molecule has 0 heterocycles. The maximum Gasteiger partial charge on any atom is 0.237 e. The molecule has 0 saturated carbocycles. The van der Waals surface area contributed by atoms with Crippen LogP contribution in [-0.2, 0) is 11.3 Å². The lowest BCUT2D eigenvalue weighted by molar-refractivity contribution is -0.125. The van der Waals surface area contributed by atoms with Gasteiger partial charge in [0.1, 0.15) is 5.75 Å². The summed E-state index contributed by atoms with van der Waals surface area (Å²) in [5.41, 5.74) is 1.07. The molecule has 1 N–H and O–H groups in total. The van der Waals surface area contributed by atoms with E-state index in [9.17, 15) is 4.79 Å². The molecule has 19 heavy (non-hydrogen) atoms. The van der Waals surface area contributed by atoms with Crippen LogP contribution < -0.4 is 10.1 Å². The van der Waals surface area contributed by atoms with Crippen molar-refractivity contribution in [3.8, 4) is 5.75 Å². The number of benzene rings is 1. The molecule has 4 nitrogen and oxygen atoms in total. The van der Waals surface area contributed by atoms with Crippen LogP contribution in [-0.4, -0.2) is 37.6 Å². The minimum atomic E-state index is -0.204. The van der Waals surface area contributed by atoms with E-state index in [2.05, 4.69) is 11.9 Å². The molecule has 1 amide bonds. The van der Waals surface area contributed by atoms with Crippen molar-refractivity contribution in [2.24, 2.45) is 0 Å². The maximum atomic E-state index is 11.9. The summed E-state index contributed by atoms with van der Waals surface area (Å²) in [7, 11) is 3.57. The van der Waals surface area contributed by atoms with Crippen LogP contribution in [0.25, 0.3) is 0 Å².